The number of benzene rings is 1. The summed E-state index contributed by atoms with van der Waals surface area (Å²) in [5, 5.41) is 6.90. The van der Waals surface area contributed by atoms with E-state index in [9.17, 15) is 8.42 Å². The molecule has 1 aromatic heterocycles. The summed E-state index contributed by atoms with van der Waals surface area (Å²) >= 11 is 0. The highest BCUT2D eigenvalue weighted by atomic mass is 32.2. The van der Waals surface area contributed by atoms with Gasteiger partial charge in [0.2, 0.25) is 10.0 Å². The van der Waals surface area contributed by atoms with Gasteiger partial charge in [0.05, 0.1) is 11.4 Å². The Morgan fingerprint density at radius 2 is 1.77 bits per heavy atom. The minimum absolute atomic E-state index is 0.0132. The summed E-state index contributed by atoms with van der Waals surface area (Å²) in [6, 6.07) is 8.10. The SMILES string of the molecule is Cc1n[nH]c(C)c1S(=O)(=O)N1[C@@H]2CC[C@H]1C[C@H](Oc1ccc(/C=C/C(C)C)cc1)C2. The van der Waals surface area contributed by atoms with Crippen LogP contribution in [0.25, 0.3) is 6.08 Å². The van der Waals surface area contributed by atoms with Crippen molar-refractivity contribution in [2.75, 3.05) is 0 Å². The van der Waals surface area contributed by atoms with Crippen molar-refractivity contribution in [2.24, 2.45) is 5.92 Å². The molecule has 2 aromatic rings. The van der Waals surface area contributed by atoms with Gasteiger partial charge in [-0.2, -0.15) is 9.40 Å². The number of fused-ring (bicyclic) bond motifs is 2. The van der Waals surface area contributed by atoms with Crippen molar-refractivity contribution in [3.8, 4) is 5.75 Å². The Morgan fingerprint density at radius 3 is 2.30 bits per heavy atom. The molecule has 2 fully saturated rings. The van der Waals surface area contributed by atoms with Gasteiger partial charge in [-0.05, 0) is 50.3 Å². The monoisotopic (exact) mass is 429 g/mol. The van der Waals surface area contributed by atoms with Gasteiger partial charge in [-0.1, -0.05) is 38.1 Å². The summed E-state index contributed by atoms with van der Waals surface area (Å²) in [7, 11) is -3.55. The largest absolute Gasteiger partial charge is 0.490 e. The fourth-order valence-electron chi connectivity index (χ4n) is 4.75. The van der Waals surface area contributed by atoms with Crippen molar-refractivity contribution in [2.45, 2.75) is 76.5 Å². The molecule has 0 spiro atoms. The highest BCUT2D eigenvalue weighted by molar-refractivity contribution is 7.89. The van der Waals surface area contributed by atoms with Crippen LogP contribution >= 0.6 is 0 Å². The number of aromatic amines is 1. The van der Waals surface area contributed by atoms with Gasteiger partial charge in [0.1, 0.15) is 16.7 Å². The first-order valence-electron chi connectivity index (χ1n) is 10.8. The van der Waals surface area contributed by atoms with Crippen LogP contribution in [0.15, 0.2) is 35.2 Å². The van der Waals surface area contributed by atoms with Gasteiger partial charge >= 0.3 is 0 Å². The zero-order valence-corrected chi connectivity index (χ0v) is 18.9. The molecule has 0 radical (unpaired) electrons. The van der Waals surface area contributed by atoms with Crippen LogP contribution in [-0.4, -0.2) is 41.1 Å². The molecule has 7 heteroatoms. The average Bonchev–Trinajstić information content (AvgIpc) is 3.18. The van der Waals surface area contributed by atoms with Gasteiger partial charge in [0.15, 0.2) is 0 Å². The fourth-order valence-corrected chi connectivity index (χ4v) is 6.98. The maximum Gasteiger partial charge on any atom is 0.247 e. The third-order valence-electron chi connectivity index (χ3n) is 6.08. The summed E-state index contributed by atoms with van der Waals surface area (Å²) in [5.74, 6) is 1.37. The molecule has 4 rings (SSSR count). The van der Waals surface area contributed by atoms with Gasteiger partial charge in [-0.3, -0.25) is 5.10 Å². The third kappa shape index (κ3) is 4.05. The molecule has 0 amide bonds. The van der Waals surface area contributed by atoms with Gasteiger partial charge < -0.3 is 4.74 Å². The number of nitrogens with zero attached hydrogens (tertiary/aromatic N) is 2. The van der Waals surface area contributed by atoms with Gasteiger partial charge in [0, 0.05) is 24.9 Å². The number of hydrogen-bond donors (Lipinski definition) is 1. The Labute approximate surface area is 179 Å². The number of allylic oxidation sites excluding steroid dienone is 1. The minimum atomic E-state index is -3.55. The second kappa shape index (κ2) is 8.19. The number of sulfonamides is 1. The zero-order valence-electron chi connectivity index (χ0n) is 18.1. The predicted octanol–water partition coefficient (Wildman–Crippen LogP) is 4.46. The number of hydrogen-bond acceptors (Lipinski definition) is 4. The van der Waals surface area contributed by atoms with E-state index in [1.807, 2.05) is 12.1 Å². The highest BCUT2D eigenvalue weighted by Crippen LogP contribution is 2.41. The number of aryl methyl sites for hydroxylation is 2. The topological polar surface area (TPSA) is 75.3 Å². The molecule has 1 aromatic carbocycles. The van der Waals surface area contributed by atoms with Crippen LogP contribution in [0.5, 0.6) is 5.75 Å². The lowest BCUT2D eigenvalue weighted by atomic mass is 10.0. The molecule has 0 saturated carbocycles. The van der Waals surface area contributed by atoms with Gasteiger partial charge in [-0.25, -0.2) is 8.42 Å². The van der Waals surface area contributed by atoms with Crippen LogP contribution < -0.4 is 4.74 Å². The Morgan fingerprint density at radius 1 is 1.13 bits per heavy atom. The van der Waals surface area contributed by atoms with Crippen molar-refractivity contribution < 1.29 is 13.2 Å². The first kappa shape index (κ1) is 21.1. The standard InChI is InChI=1S/C23H31N3O3S/c1-15(2)5-6-18-7-11-21(12-8-18)29-22-13-19-9-10-20(14-22)26(19)30(27,28)23-16(3)24-25-17(23)4/h5-8,11-12,15,19-20,22H,9-10,13-14H2,1-4H3,(H,24,25)/b6-5+/t19-,20+,22-. The van der Waals surface area contributed by atoms with E-state index in [0.29, 0.717) is 22.2 Å². The molecule has 3 heterocycles. The molecule has 2 aliphatic heterocycles. The lowest BCUT2D eigenvalue weighted by Crippen LogP contribution is -2.49. The van der Waals surface area contributed by atoms with E-state index in [2.05, 4.69) is 48.3 Å². The number of piperidine rings is 1. The molecule has 0 aliphatic carbocycles. The van der Waals surface area contributed by atoms with E-state index >= 15 is 0 Å². The van der Waals surface area contributed by atoms with Crippen LogP contribution in [0.3, 0.4) is 0 Å². The molecule has 3 atom stereocenters. The smallest absolute Gasteiger partial charge is 0.247 e. The molecule has 2 aliphatic rings. The normalized spacial score (nSPS) is 24.8. The third-order valence-corrected chi connectivity index (χ3v) is 8.34. The molecule has 6 nitrogen and oxygen atoms in total. The van der Waals surface area contributed by atoms with Gasteiger partial charge in [-0.15, -0.1) is 0 Å². The molecular weight excluding hydrogens is 398 g/mol. The van der Waals surface area contributed by atoms with Crippen molar-refractivity contribution >= 4 is 16.1 Å². The maximum atomic E-state index is 13.4. The molecular formula is C23H31N3O3S. The van der Waals surface area contributed by atoms with Crippen LogP contribution in [0, 0.1) is 19.8 Å². The van der Waals surface area contributed by atoms with Crippen molar-refractivity contribution in [3.63, 3.8) is 0 Å². The Hall–Kier alpha value is -2.12. The van der Waals surface area contributed by atoms with Crippen LogP contribution in [0.4, 0.5) is 0 Å². The maximum absolute atomic E-state index is 13.4. The number of aromatic nitrogens is 2. The first-order valence-corrected chi connectivity index (χ1v) is 12.2. The van der Waals surface area contributed by atoms with Crippen LogP contribution in [0.1, 0.15) is 56.5 Å². The predicted molar refractivity (Wildman–Crippen MR) is 118 cm³/mol. The van der Waals surface area contributed by atoms with Gasteiger partial charge in [0.25, 0.3) is 0 Å². The zero-order chi connectivity index (χ0) is 21.5. The van der Waals surface area contributed by atoms with E-state index < -0.39 is 10.0 Å². The lowest BCUT2D eigenvalue weighted by molar-refractivity contribution is 0.0956. The molecule has 2 saturated heterocycles. The summed E-state index contributed by atoms with van der Waals surface area (Å²) in [5.41, 5.74) is 2.30. The van der Waals surface area contributed by atoms with E-state index in [4.69, 9.17) is 4.74 Å². The van der Waals surface area contributed by atoms with Crippen LogP contribution in [-0.2, 0) is 10.0 Å². The summed E-state index contributed by atoms with van der Waals surface area (Å²) in [6.45, 7) is 7.83. The molecule has 30 heavy (non-hydrogen) atoms. The number of rotatable bonds is 6. The number of nitrogens with one attached hydrogen (secondary N) is 1. The number of H-pyrrole nitrogens is 1. The Bertz CT molecular complexity index is 991. The quantitative estimate of drug-likeness (QED) is 0.736. The first-order chi connectivity index (χ1) is 14.3. The summed E-state index contributed by atoms with van der Waals surface area (Å²) in [6.07, 6.45) is 7.56. The molecule has 162 valence electrons. The van der Waals surface area contributed by atoms with E-state index in [1.54, 1.807) is 18.2 Å². The number of ether oxygens (including phenoxy) is 1. The minimum Gasteiger partial charge on any atom is -0.490 e. The second-order valence-electron chi connectivity index (χ2n) is 8.87. The highest BCUT2D eigenvalue weighted by Gasteiger charge is 2.48. The molecule has 1 N–H and O–H groups in total. The van der Waals surface area contributed by atoms with E-state index in [1.165, 1.54) is 0 Å². The van der Waals surface area contributed by atoms with Crippen LogP contribution in [0.2, 0.25) is 0 Å². The average molecular weight is 430 g/mol. The Balaban J connectivity index is 1.46. The van der Waals surface area contributed by atoms with Crippen molar-refractivity contribution in [1.82, 2.24) is 14.5 Å². The summed E-state index contributed by atoms with van der Waals surface area (Å²) in [4.78, 5) is 0.337. The lowest BCUT2D eigenvalue weighted by Gasteiger charge is -2.37. The molecule has 0 unspecified atom stereocenters. The Kier molecular flexibility index (Phi) is 5.77. The van der Waals surface area contributed by atoms with E-state index in [0.717, 1.165) is 37.0 Å². The summed E-state index contributed by atoms with van der Waals surface area (Å²) < 4.78 is 34.7. The molecule has 2 bridgehead atoms. The fraction of sp³-hybridized carbons (Fsp3) is 0.522. The second-order valence-corrected chi connectivity index (χ2v) is 10.6. The van der Waals surface area contributed by atoms with E-state index in [-0.39, 0.29) is 18.2 Å². The van der Waals surface area contributed by atoms with Crippen molar-refractivity contribution in [3.05, 3.63) is 47.3 Å². The van der Waals surface area contributed by atoms with Crippen molar-refractivity contribution in [1.29, 1.82) is 0 Å².